The van der Waals surface area contributed by atoms with Crippen molar-refractivity contribution in [1.29, 1.82) is 0 Å². The van der Waals surface area contributed by atoms with E-state index in [2.05, 4.69) is 26.3 Å². The molecule has 8 heteroatoms. The molecule has 0 unspecified atom stereocenters. The molecule has 39 heavy (non-hydrogen) atoms. The predicted molar refractivity (Wildman–Crippen MR) is 146 cm³/mol. The summed E-state index contributed by atoms with van der Waals surface area (Å²) >= 11 is 9.53. The minimum atomic E-state index is -1.04. The number of allylic oxidation sites excluding steroid dienone is 2. The maximum Gasteiger partial charge on any atom is 0.334 e. The summed E-state index contributed by atoms with van der Waals surface area (Å²) in [7, 11) is 0. The van der Waals surface area contributed by atoms with Gasteiger partial charge in [0.15, 0.2) is 5.78 Å². The van der Waals surface area contributed by atoms with Gasteiger partial charge in [-0.15, -0.1) is 23.2 Å². The Morgan fingerprint density at radius 2 is 1.41 bits per heavy atom. The molecular formula is C31H32Cl2O6. The van der Waals surface area contributed by atoms with E-state index in [1.807, 2.05) is 0 Å². The van der Waals surface area contributed by atoms with Gasteiger partial charge < -0.3 is 9.47 Å². The van der Waals surface area contributed by atoms with E-state index in [4.69, 9.17) is 32.7 Å². The molecule has 206 valence electrons. The van der Waals surface area contributed by atoms with Crippen molar-refractivity contribution in [3.05, 3.63) is 59.8 Å². The third kappa shape index (κ3) is 3.46. The summed E-state index contributed by atoms with van der Waals surface area (Å²) in [5.41, 5.74) is 2.84. The fourth-order valence-electron chi connectivity index (χ4n) is 9.08. The number of hydrogen-bond donors (Lipinski definition) is 0. The van der Waals surface area contributed by atoms with Crippen LogP contribution in [0.3, 0.4) is 0 Å². The van der Waals surface area contributed by atoms with E-state index in [0.717, 1.165) is 30.4 Å². The number of ether oxygens (including phenoxy) is 2. The molecule has 0 amide bonds. The van der Waals surface area contributed by atoms with Gasteiger partial charge in [-0.25, -0.2) is 9.59 Å². The molecule has 0 bridgehead atoms. The fourth-order valence-corrected chi connectivity index (χ4v) is 9.08. The molecule has 5 aliphatic carbocycles. The lowest BCUT2D eigenvalue weighted by atomic mass is 9.57. The zero-order valence-electron chi connectivity index (χ0n) is 21.8. The summed E-state index contributed by atoms with van der Waals surface area (Å²) in [4.78, 5) is 53.3. The number of alkyl halides is 2. The van der Waals surface area contributed by atoms with Gasteiger partial charge in [-0.3, -0.25) is 9.59 Å². The van der Waals surface area contributed by atoms with Crippen LogP contribution in [0, 0.1) is 40.9 Å². The lowest BCUT2D eigenvalue weighted by molar-refractivity contribution is -0.146. The van der Waals surface area contributed by atoms with E-state index in [1.165, 1.54) is 0 Å². The zero-order chi connectivity index (χ0) is 28.0. The number of fused-ring (bicyclic) bond motifs is 7. The average molecular weight is 571 g/mol. The maximum absolute atomic E-state index is 14.1. The van der Waals surface area contributed by atoms with Crippen LogP contribution in [0.5, 0.6) is 0 Å². The summed E-state index contributed by atoms with van der Waals surface area (Å²) in [5, 5.41) is 0.194. The van der Waals surface area contributed by atoms with E-state index in [0.29, 0.717) is 48.0 Å². The van der Waals surface area contributed by atoms with Crippen LogP contribution in [0.15, 0.2) is 59.8 Å². The van der Waals surface area contributed by atoms with Gasteiger partial charge in [0, 0.05) is 52.4 Å². The molecule has 0 radical (unpaired) electrons. The first kappa shape index (κ1) is 26.8. The van der Waals surface area contributed by atoms with Crippen molar-refractivity contribution in [2.45, 2.75) is 57.2 Å². The van der Waals surface area contributed by atoms with Crippen LogP contribution in [0.2, 0.25) is 0 Å². The highest BCUT2D eigenvalue weighted by molar-refractivity contribution is 6.40. The van der Waals surface area contributed by atoms with Crippen LogP contribution in [0.1, 0.15) is 44.9 Å². The van der Waals surface area contributed by atoms with E-state index < -0.39 is 35.5 Å². The summed E-state index contributed by atoms with van der Waals surface area (Å²) in [6, 6.07) is 0. The molecule has 9 atom stereocenters. The quantitative estimate of drug-likeness (QED) is 0.168. The molecule has 0 aromatic carbocycles. The zero-order valence-corrected chi connectivity index (χ0v) is 23.3. The monoisotopic (exact) mass is 570 g/mol. The summed E-state index contributed by atoms with van der Waals surface area (Å²) < 4.78 is 11.8. The fraction of sp³-hybridized carbons (Fsp3) is 0.548. The average Bonchev–Trinajstić information content (AvgIpc) is 3.46. The van der Waals surface area contributed by atoms with E-state index in [-0.39, 0.29) is 46.5 Å². The lowest BCUT2D eigenvalue weighted by Gasteiger charge is -2.44. The Bertz CT molecular complexity index is 1310. The molecule has 5 fully saturated rings. The summed E-state index contributed by atoms with van der Waals surface area (Å²) in [6.07, 6.45) is 3.64. The SMILES string of the molecule is C=C1C(=O)C2=C3[C@H](CC[C@H]4C(=C)C(=O)O[C@@H]4[C@@H]13)CC[C@]21C(=O)C[C@H]2C(=C)CC[C@H]3C(=C)C(=O)O[C@@H]3[C@H]21.ClCCl. The lowest BCUT2D eigenvalue weighted by Crippen LogP contribution is -2.47. The van der Waals surface area contributed by atoms with Crippen LogP contribution >= 0.6 is 23.2 Å². The molecule has 2 heterocycles. The molecule has 6 nitrogen and oxygen atoms in total. The van der Waals surface area contributed by atoms with Gasteiger partial charge in [-0.05, 0) is 55.9 Å². The summed E-state index contributed by atoms with van der Waals surface area (Å²) in [5.74, 6) is -2.02. The van der Waals surface area contributed by atoms with E-state index in [9.17, 15) is 19.2 Å². The Balaban J connectivity index is 0.000000883. The molecule has 0 aromatic rings. The largest absolute Gasteiger partial charge is 0.458 e. The molecular weight excluding hydrogens is 539 g/mol. The van der Waals surface area contributed by atoms with Crippen molar-refractivity contribution >= 4 is 46.7 Å². The van der Waals surface area contributed by atoms with Gasteiger partial charge in [0.25, 0.3) is 0 Å². The highest BCUT2D eigenvalue weighted by Crippen LogP contribution is 2.67. The second-order valence-electron chi connectivity index (χ2n) is 12.0. The van der Waals surface area contributed by atoms with Crippen molar-refractivity contribution in [2.24, 2.45) is 40.9 Å². The smallest absolute Gasteiger partial charge is 0.334 e. The second kappa shape index (κ2) is 9.31. The van der Waals surface area contributed by atoms with Gasteiger partial charge in [-0.2, -0.15) is 0 Å². The van der Waals surface area contributed by atoms with Crippen LogP contribution < -0.4 is 0 Å². The van der Waals surface area contributed by atoms with Crippen molar-refractivity contribution in [3.63, 3.8) is 0 Å². The molecule has 2 aliphatic heterocycles. The molecule has 0 N–H and O–H groups in total. The van der Waals surface area contributed by atoms with E-state index in [1.54, 1.807) is 0 Å². The normalized spacial score (nSPS) is 42.3. The van der Waals surface area contributed by atoms with Crippen LogP contribution in [-0.4, -0.2) is 41.1 Å². The van der Waals surface area contributed by atoms with Gasteiger partial charge >= 0.3 is 11.9 Å². The highest BCUT2D eigenvalue weighted by atomic mass is 35.5. The number of halogens is 2. The topological polar surface area (TPSA) is 86.7 Å². The number of rotatable bonds is 0. The Hall–Kier alpha value is -2.44. The van der Waals surface area contributed by atoms with Crippen LogP contribution in [-0.2, 0) is 28.7 Å². The molecule has 1 spiro atoms. The molecule has 3 saturated carbocycles. The van der Waals surface area contributed by atoms with Gasteiger partial charge in [-0.1, -0.05) is 31.9 Å². The number of carbonyl (C=O) groups is 4. The number of esters is 2. The van der Waals surface area contributed by atoms with Crippen molar-refractivity contribution in [2.75, 3.05) is 5.34 Å². The molecule has 0 aromatic heterocycles. The maximum atomic E-state index is 14.1. The van der Waals surface area contributed by atoms with E-state index >= 15 is 0 Å². The second-order valence-corrected chi connectivity index (χ2v) is 12.8. The highest BCUT2D eigenvalue weighted by Gasteiger charge is 2.69. The molecule has 7 rings (SSSR count). The Morgan fingerprint density at radius 3 is 2.08 bits per heavy atom. The van der Waals surface area contributed by atoms with Gasteiger partial charge in [0.2, 0.25) is 0 Å². The number of hydrogen-bond acceptors (Lipinski definition) is 6. The van der Waals surface area contributed by atoms with Gasteiger partial charge in [0.05, 0.1) is 10.8 Å². The Morgan fingerprint density at radius 1 is 0.795 bits per heavy atom. The minimum Gasteiger partial charge on any atom is -0.458 e. The molecule has 2 saturated heterocycles. The number of Topliss-reactive ketones (excluding diaryl/α,β-unsaturated/α-hetero) is 2. The van der Waals surface area contributed by atoms with Crippen LogP contribution in [0.25, 0.3) is 0 Å². The standard InChI is InChI=1S/C30H30O6.CH2Cl2/c1-12-5-7-18-14(3)29(34)36-27(18)23-19(12)11-20(31)30(23)10-9-16-6-8-17-13(2)28(33)35-26(17)21-15(4)25(32)24(30)22(16)21;2-1-3/h16-19,21,23,26-27H,1-11H2;1H2/t16-,17+,18+,19+,21+,23+,26+,27+,30-;/m1./s1. The number of ketones is 2. The first-order valence-electron chi connectivity index (χ1n) is 13.7. The first-order valence-corrected chi connectivity index (χ1v) is 14.8. The Kier molecular flexibility index (Phi) is 6.39. The predicted octanol–water partition coefficient (Wildman–Crippen LogP) is 5.40. The van der Waals surface area contributed by atoms with Crippen molar-refractivity contribution in [3.8, 4) is 0 Å². The van der Waals surface area contributed by atoms with Gasteiger partial charge in [0.1, 0.15) is 18.0 Å². The van der Waals surface area contributed by atoms with Crippen molar-refractivity contribution in [1.82, 2.24) is 0 Å². The minimum absolute atomic E-state index is 0.0456. The third-order valence-corrected chi connectivity index (χ3v) is 10.7. The van der Waals surface area contributed by atoms with Crippen molar-refractivity contribution < 1.29 is 28.7 Å². The third-order valence-electron chi connectivity index (χ3n) is 10.7. The number of carbonyl (C=O) groups excluding carboxylic acids is 4. The summed E-state index contributed by atoms with van der Waals surface area (Å²) in [6.45, 7) is 16.5. The first-order chi connectivity index (χ1) is 18.6. The Labute approximate surface area is 238 Å². The van der Waals surface area contributed by atoms with Crippen LogP contribution in [0.4, 0.5) is 0 Å². The molecule has 7 aliphatic rings.